The Hall–Kier alpha value is -1.88. The molecule has 2 atom stereocenters. The number of carbonyl (C=O) groups is 2. The van der Waals surface area contributed by atoms with Gasteiger partial charge in [0, 0.05) is 19.5 Å². The highest BCUT2D eigenvalue weighted by atomic mass is 16.4. The monoisotopic (exact) mass is 387 g/mol. The van der Waals surface area contributed by atoms with E-state index in [1.54, 1.807) is 4.90 Å². The first kappa shape index (κ1) is 20.8. The molecule has 2 fully saturated rings. The molecule has 1 aromatic carbocycles. The van der Waals surface area contributed by atoms with Crippen LogP contribution in [0.25, 0.3) is 0 Å². The zero-order chi connectivity index (χ0) is 20.0. The van der Waals surface area contributed by atoms with Crippen LogP contribution in [0.15, 0.2) is 30.3 Å². The number of carbonyl (C=O) groups excluding carboxylic acids is 1. The maximum atomic E-state index is 12.7. The first-order chi connectivity index (χ1) is 13.5. The van der Waals surface area contributed by atoms with Gasteiger partial charge in [0.05, 0.1) is 6.10 Å². The van der Waals surface area contributed by atoms with Crippen LogP contribution in [0.2, 0.25) is 0 Å². The fraction of sp³-hybridized carbons (Fsp3) is 0.652. The van der Waals surface area contributed by atoms with Crippen LogP contribution < -0.4 is 0 Å². The van der Waals surface area contributed by atoms with E-state index >= 15 is 0 Å². The van der Waals surface area contributed by atoms with Crippen molar-refractivity contribution in [2.45, 2.75) is 70.3 Å². The van der Waals surface area contributed by atoms with Crippen LogP contribution in [0.5, 0.6) is 0 Å². The second-order valence-electron chi connectivity index (χ2n) is 8.61. The van der Waals surface area contributed by atoms with Crippen molar-refractivity contribution in [1.82, 2.24) is 4.90 Å². The van der Waals surface area contributed by atoms with Gasteiger partial charge < -0.3 is 15.1 Å². The summed E-state index contributed by atoms with van der Waals surface area (Å²) in [7, 11) is 0. The quantitative estimate of drug-likeness (QED) is 0.714. The number of aliphatic carboxylic acids is 1. The van der Waals surface area contributed by atoms with E-state index in [4.69, 9.17) is 0 Å². The van der Waals surface area contributed by atoms with Crippen LogP contribution in [0, 0.1) is 11.3 Å². The molecule has 1 aliphatic heterocycles. The standard InChI is InChI=1S/C23H33NO4/c25-20-14-16-24(21(26)13-12-19-9-4-5-10-19)17-23(20,22(27)28)15-6-11-18-7-2-1-3-8-18/h1-3,7-8,19-20,25H,4-6,9-17H2,(H,27,28)/t20-,23+/m0/s1. The molecule has 5 heteroatoms. The van der Waals surface area contributed by atoms with E-state index in [1.807, 2.05) is 30.3 Å². The third-order valence-corrected chi connectivity index (χ3v) is 6.73. The molecule has 5 nitrogen and oxygen atoms in total. The average molecular weight is 388 g/mol. The first-order valence-electron chi connectivity index (χ1n) is 10.7. The van der Waals surface area contributed by atoms with Crippen molar-refractivity contribution in [3.8, 4) is 0 Å². The van der Waals surface area contributed by atoms with Crippen molar-refractivity contribution in [2.75, 3.05) is 13.1 Å². The van der Waals surface area contributed by atoms with Crippen molar-refractivity contribution in [3.05, 3.63) is 35.9 Å². The summed E-state index contributed by atoms with van der Waals surface area (Å²) < 4.78 is 0. The predicted octanol–water partition coefficient (Wildman–Crippen LogP) is 3.64. The van der Waals surface area contributed by atoms with Crippen LogP contribution >= 0.6 is 0 Å². The molecule has 2 aliphatic rings. The van der Waals surface area contributed by atoms with E-state index in [-0.39, 0.29) is 12.5 Å². The Bertz CT molecular complexity index is 656. The van der Waals surface area contributed by atoms with Crippen molar-refractivity contribution < 1.29 is 19.8 Å². The molecule has 28 heavy (non-hydrogen) atoms. The molecule has 3 rings (SSSR count). The Morgan fingerprint density at radius 1 is 1.11 bits per heavy atom. The van der Waals surface area contributed by atoms with Crippen molar-refractivity contribution in [3.63, 3.8) is 0 Å². The largest absolute Gasteiger partial charge is 0.481 e. The summed E-state index contributed by atoms with van der Waals surface area (Å²) in [6.45, 7) is 0.584. The van der Waals surface area contributed by atoms with Gasteiger partial charge in [0.2, 0.25) is 5.91 Å². The molecule has 0 bridgehead atoms. The highest BCUT2D eigenvalue weighted by Crippen LogP contribution is 2.37. The van der Waals surface area contributed by atoms with Gasteiger partial charge in [-0.2, -0.15) is 0 Å². The Morgan fingerprint density at radius 2 is 1.82 bits per heavy atom. The fourth-order valence-electron chi connectivity index (χ4n) is 4.89. The minimum absolute atomic E-state index is 0.0486. The van der Waals surface area contributed by atoms with Crippen LogP contribution in [-0.2, 0) is 16.0 Å². The molecule has 0 unspecified atom stereocenters. The van der Waals surface area contributed by atoms with Gasteiger partial charge in [0.15, 0.2) is 0 Å². The second-order valence-corrected chi connectivity index (χ2v) is 8.61. The lowest BCUT2D eigenvalue weighted by molar-refractivity contribution is -0.167. The molecule has 154 valence electrons. The smallest absolute Gasteiger partial charge is 0.314 e. The van der Waals surface area contributed by atoms with Crippen molar-refractivity contribution >= 4 is 11.9 Å². The lowest BCUT2D eigenvalue weighted by Crippen LogP contribution is -2.57. The maximum absolute atomic E-state index is 12.7. The van der Waals surface area contributed by atoms with Gasteiger partial charge in [-0.15, -0.1) is 0 Å². The molecule has 1 heterocycles. The number of hydrogen-bond acceptors (Lipinski definition) is 3. The van der Waals surface area contributed by atoms with Gasteiger partial charge in [0.1, 0.15) is 5.41 Å². The number of carboxylic acid groups (broad SMARTS) is 1. The SMILES string of the molecule is O=C(CCC1CCCC1)N1CC[C@H](O)[C@](CCCc2ccccc2)(C(=O)O)C1. The van der Waals surface area contributed by atoms with Crippen molar-refractivity contribution in [2.24, 2.45) is 11.3 Å². The molecule has 1 saturated heterocycles. The third kappa shape index (κ3) is 4.93. The summed E-state index contributed by atoms with van der Waals surface area (Å²) in [6.07, 6.45) is 7.63. The highest BCUT2D eigenvalue weighted by molar-refractivity contribution is 5.80. The fourth-order valence-corrected chi connectivity index (χ4v) is 4.89. The van der Waals surface area contributed by atoms with Crippen LogP contribution in [0.1, 0.15) is 63.4 Å². The van der Waals surface area contributed by atoms with E-state index in [0.717, 1.165) is 18.4 Å². The number of aliphatic hydroxyl groups excluding tert-OH is 1. The number of amides is 1. The summed E-state index contributed by atoms with van der Waals surface area (Å²) >= 11 is 0. The maximum Gasteiger partial charge on any atom is 0.314 e. The highest BCUT2D eigenvalue weighted by Gasteiger charge is 2.49. The molecule has 1 amide bonds. The summed E-state index contributed by atoms with van der Waals surface area (Å²) in [5, 5.41) is 20.5. The molecule has 0 radical (unpaired) electrons. The van der Waals surface area contributed by atoms with Crippen LogP contribution in [0.4, 0.5) is 0 Å². The molecular formula is C23H33NO4. The van der Waals surface area contributed by atoms with Gasteiger partial charge in [0.25, 0.3) is 0 Å². The van der Waals surface area contributed by atoms with Crippen LogP contribution in [0.3, 0.4) is 0 Å². The van der Waals surface area contributed by atoms with E-state index in [9.17, 15) is 19.8 Å². The third-order valence-electron chi connectivity index (χ3n) is 6.73. The van der Waals surface area contributed by atoms with E-state index < -0.39 is 17.5 Å². The van der Waals surface area contributed by atoms with Gasteiger partial charge in [-0.1, -0.05) is 56.0 Å². The number of rotatable bonds is 8. The Labute approximate surface area is 167 Å². The van der Waals surface area contributed by atoms with Crippen LogP contribution in [-0.4, -0.2) is 46.2 Å². The summed E-state index contributed by atoms with van der Waals surface area (Å²) in [6, 6.07) is 9.97. The number of benzene rings is 1. The first-order valence-corrected chi connectivity index (χ1v) is 10.7. The number of likely N-dealkylation sites (tertiary alicyclic amines) is 1. The molecular weight excluding hydrogens is 354 g/mol. The van der Waals surface area contributed by atoms with Gasteiger partial charge >= 0.3 is 5.97 Å². The number of carboxylic acids is 1. The molecule has 2 N–H and O–H groups in total. The van der Waals surface area contributed by atoms with E-state index in [1.165, 1.54) is 25.7 Å². The summed E-state index contributed by atoms with van der Waals surface area (Å²) in [5.41, 5.74) is -0.0893. The lowest BCUT2D eigenvalue weighted by atomic mass is 9.73. The topological polar surface area (TPSA) is 77.8 Å². The van der Waals surface area contributed by atoms with E-state index in [2.05, 4.69) is 0 Å². The summed E-state index contributed by atoms with van der Waals surface area (Å²) in [5.74, 6) is -0.289. The molecule has 1 saturated carbocycles. The second kappa shape index (κ2) is 9.55. The van der Waals surface area contributed by atoms with Gasteiger partial charge in [-0.3, -0.25) is 9.59 Å². The number of aryl methyl sites for hydroxylation is 1. The minimum Gasteiger partial charge on any atom is -0.481 e. The molecule has 1 aromatic rings. The molecule has 0 aromatic heterocycles. The zero-order valence-corrected chi connectivity index (χ0v) is 16.7. The summed E-state index contributed by atoms with van der Waals surface area (Å²) in [4.78, 5) is 26.6. The lowest BCUT2D eigenvalue weighted by Gasteiger charge is -2.43. The predicted molar refractivity (Wildman–Crippen MR) is 108 cm³/mol. The number of aliphatic hydroxyl groups is 1. The minimum atomic E-state index is -1.25. The van der Waals surface area contributed by atoms with Gasteiger partial charge in [-0.05, 0) is 43.6 Å². The normalized spacial score (nSPS) is 25.8. The Morgan fingerprint density at radius 3 is 2.50 bits per heavy atom. The average Bonchev–Trinajstić information content (AvgIpc) is 3.22. The number of nitrogens with zero attached hydrogens (tertiary/aromatic N) is 1. The zero-order valence-electron chi connectivity index (χ0n) is 16.7. The molecule has 0 spiro atoms. The Balaban J connectivity index is 1.59. The van der Waals surface area contributed by atoms with Crippen molar-refractivity contribution in [1.29, 1.82) is 0 Å². The number of hydrogen-bond donors (Lipinski definition) is 2. The van der Waals surface area contributed by atoms with E-state index in [0.29, 0.717) is 38.1 Å². The number of piperidine rings is 1. The molecule has 1 aliphatic carbocycles. The Kier molecular flexibility index (Phi) is 7.11. The van der Waals surface area contributed by atoms with Gasteiger partial charge in [-0.25, -0.2) is 0 Å².